The number of para-hydroxylation sites is 1. The number of ether oxygens (including phenoxy) is 3. The molecule has 12 nitrogen and oxygen atoms in total. The highest BCUT2D eigenvalue weighted by Gasteiger charge is 2.38. The van der Waals surface area contributed by atoms with E-state index < -0.39 is 19.0 Å². The van der Waals surface area contributed by atoms with Crippen molar-refractivity contribution in [2.75, 3.05) is 25.8 Å². The molecule has 13 heteroatoms. The zero-order chi connectivity index (χ0) is 27.9. The fraction of sp³-hybridized carbons (Fsp3) is 0.520. The first-order valence-electron chi connectivity index (χ1n) is 12.5. The lowest BCUT2D eigenvalue weighted by molar-refractivity contribution is -0.149. The number of rotatable bonds is 14. The normalized spacial score (nSPS) is 15.1. The van der Waals surface area contributed by atoms with Crippen LogP contribution in [0.3, 0.4) is 0 Å². The molecule has 0 aliphatic rings. The highest BCUT2D eigenvalue weighted by atomic mass is 31.2. The standard InChI is InChI=1S/C25H38N7O5P/c1-7-12-36-24(33)25(4,5)31-38(34,30-18(3)19-10-8-9-11-20(19)35-6)16-37-17(2)13-32-15-29-21-22(26)27-14-28-23(21)32/h8-11,14-15,17-18H,7,12-13,16H2,1-6H3,(H2,26,27,28)(H2,30,31,34)/t17-,18+,38-/m1/s1. The number of imidazole rings is 1. The van der Waals surface area contributed by atoms with E-state index in [0.29, 0.717) is 35.7 Å². The maximum Gasteiger partial charge on any atom is 0.326 e. The molecule has 2 heterocycles. The number of methoxy groups -OCH3 is 1. The van der Waals surface area contributed by atoms with Crippen LogP contribution in [0.5, 0.6) is 5.75 Å². The Bertz CT molecular complexity index is 1280. The van der Waals surface area contributed by atoms with E-state index in [1.165, 1.54) is 6.33 Å². The van der Waals surface area contributed by atoms with Crippen LogP contribution in [-0.2, 0) is 25.4 Å². The number of fused-ring (bicyclic) bond motifs is 1. The number of anilines is 1. The molecule has 0 radical (unpaired) electrons. The predicted molar refractivity (Wildman–Crippen MR) is 146 cm³/mol. The molecule has 0 fully saturated rings. The lowest BCUT2D eigenvalue weighted by Crippen LogP contribution is -2.49. The Kier molecular flexibility index (Phi) is 9.83. The van der Waals surface area contributed by atoms with Crippen molar-refractivity contribution in [3.8, 4) is 5.75 Å². The lowest BCUT2D eigenvalue weighted by Gasteiger charge is -2.33. The van der Waals surface area contributed by atoms with Gasteiger partial charge >= 0.3 is 5.97 Å². The number of hydrogen-bond acceptors (Lipinski definition) is 9. The summed E-state index contributed by atoms with van der Waals surface area (Å²) in [6, 6.07) is 7.08. The molecule has 1 aromatic carbocycles. The molecule has 38 heavy (non-hydrogen) atoms. The van der Waals surface area contributed by atoms with E-state index in [4.69, 9.17) is 19.9 Å². The van der Waals surface area contributed by atoms with Crippen molar-refractivity contribution < 1.29 is 23.6 Å². The van der Waals surface area contributed by atoms with E-state index in [1.54, 1.807) is 31.9 Å². The van der Waals surface area contributed by atoms with E-state index >= 15 is 0 Å². The minimum absolute atomic E-state index is 0.193. The molecule has 0 aliphatic carbocycles. The van der Waals surface area contributed by atoms with Gasteiger partial charge in [0.2, 0.25) is 7.44 Å². The van der Waals surface area contributed by atoms with Crippen LogP contribution in [-0.4, -0.2) is 57.2 Å². The first-order chi connectivity index (χ1) is 18.0. The quantitative estimate of drug-likeness (QED) is 0.200. The average Bonchev–Trinajstić information content (AvgIpc) is 3.29. The van der Waals surface area contributed by atoms with Gasteiger partial charge in [0.05, 0.1) is 32.7 Å². The van der Waals surface area contributed by atoms with E-state index in [2.05, 4.69) is 25.1 Å². The van der Waals surface area contributed by atoms with Gasteiger partial charge in [0.15, 0.2) is 11.5 Å². The van der Waals surface area contributed by atoms with E-state index in [-0.39, 0.29) is 25.1 Å². The first kappa shape index (κ1) is 29.5. The summed E-state index contributed by atoms with van der Waals surface area (Å²) in [4.78, 5) is 25.2. The topological polar surface area (TPSA) is 156 Å². The molecule has 3 atom stereocenters. The third kappa shape index (κ3) is 7.28. The van der Waals surface area contributed by atoms with Crippen molar-refractivity contribution in [3.05, 3.63) is 42.5 Å². The molecule has 0 bridgehead atoms. The molecule has 4 N–H and O–H groups in total. The second-order valence-electron chi connectivity index (χ2n) is 9.64. The smallest absolute Gasteiger partial charge is 0.326 e. The SMILES string of the molecule is CCCOC(=O)C(C)(C)N[P@@](=O)(CO[C@H](C)Cn1cnc2c(N)ncnc21)N[C@@H](C)c1ccccc1OC. The van der Waals surface area contributed by atoms with Gasteiger partial charge in [-0.2, -0.15) is 0 Å². The number of nitrogens with zero attached hydrogens (tertiary/aromatic N) is 4. The van der Waals surface area contributed by atoms with Gasteiger partial charge in [0, 0.05) is 11.6 Å². The second kappa shape index (κ2) is 12.7. The number of carbonyl (C=O) groups is 1. The van der Waals surface area contributed by atoms with Crippen LogP contribution in [0.1, 0.15) is 52.6 Å². The van der Waals surface area contributed by atoms with Gasteiger partial charge in [-0.05, 0) is 40.2 Å². The number of benzene rings is 1. The fourth-order valence-corrected chi connectivity index (χ4v) is 6.40. The largest absolute Gasteiger partial charge is 0.496 e. The summed E-state index contributed by atoms with van der Waals surface area (Å²) in [5.74, 6) is 0.451. The summed E-state index contributed by atoms with van der Waals surface area (Å²) in [5.41, 5.74) is 6.55. The highest BCUT2D eigenvalue weighted by molar-refractivity contribution is 7.59. The zero-order valence-electron chi connectivity index (χ0n) is 22.8. The van der Waals surface area contributed by atoms with Gasteiger partial charge in [-0.3, -0.25) is 9.36 Å². The number of carbonyl (C=O) groups excluding carboxylic acids is 1. The Morgan fingerprint density at radius 3 is 2.66 bits per heavy atom. The van der Waals surface area contributed by atoms with Crippen molar-refractivity contribution in [2.24, 2.45) is 0 Å². The van der Waals surface area contributed by atoms with E-state index in [9.17, 15) is 9.36 Å². The summed E-state index contributed by atoms with van der Waals surface area (Å²) in [6.07, 6.45) is 3.10. The van der Waals surface area contributed by atoms with Crippen molar-refractivity contribution in [3.63, 3.8) is 0 Å². The minimum Gasteiger partial charge on any atom is -0.496 e. The molecule has 0 spiro atoms. The van der Waals surface area contributed by atoms with Gasteiger partial charge in [-0.25, -0.2) is 25.1 Å². The summed E-state index contributed by atoms with van der Waals surface area (Å²) in [5, 5.41) is 6.19. The molecule has 0 unspecified atom stereocenters. The number of nitrogens with two attached hydrogens (primary N) is 1. The van der Waals surface area contributed by atoms with Crippen LogP contribution >= 0.6 is 7.44 Å². The number of nitrogens with one attached hydrogen (secondary N) is 2. The molecule has 208 valence electrons. The third-order valence-corrected chi connectivity index (χ3v) is 8.08. The number of nitrogen functional groups attached to an aromatic ring is 1. The molecule has 0 saturated carbocycles. The molecule has 0 amide bonds. The van der Waals surface area contributed by atoms with Gasteiger partial charge in [0.1, 0.15) is 29.5 Å². The third-order valence-electron chi connectivity index (χ3n) is 5.84. The molecule has 0 saturated heterocycles. The molecule has 2 aromatic heterocycles. The Labute approximate surface area is 223 Å². The second-order valence-corrected chi connectivity index (χ2v) is 11.9. The average molecular weight is 548 g/mol. The van der Waals surface area contributed by atoms with Crippen LogP contribution in [0.25, 0.3) is 11.2 Å². The van der Waals surface area contributed by atoms with Crippen molar-refractivity contribution in [2.45, 2.75) is 65.3 Å². The van der Waals surface area contributed by atoms with Crippen molar-refractivity contribution in [1.82, 2.24) is 29.7 Å². The fourth-order valence-electron chi connectivity index (χ4n) is 3.97. The Balaban J connectivity index is 1.79. The number of hydrogen-bond donors (Lipinski definition) is 3. The van der Waals surface area contributed by atoms with Crippen molar-refractivity contribution in [1.29, 1.82) is 0 Å². The van der Waals surface area contributed by atoms with Gasteiger partial charge in [-0.1, -0.05) is 25.1 Å². The Morgan fingerprint density at radius 1 is 1.21 bits per heavy atom. The Hall–Kier alpha value is -3.05. The summed E-state index contributed by atoms with van der Waals surface area (Å²) < 4.78 is 33.0. The number of aromatic nitrogens is 4. The summed E-state index contributed by atoms with van der Waals surface area (Å²) in [6.45, 7) is 9.58. The maximum atomic E-state index is 14.3. The molecule has 0 aliphatic heterocycles. The molecular weight excluding hydrogens is 509 g/mol. The van der Waals surface area contributed by atoms with Crippen LogP contribution in [0.4, 0.5) is 5.82 Å². The van der Waals surface area contributed by atoms with Crippen LogP contribution < -0.4 is 20.6 Å². The van der Waals surface area contributed by atoms with Crippen LogP contribution in [0, 0.1) is 0 Å². The van der Waals surface area contributed by atoms with Crippen LogP contribution in [0.15, 0.2) is 36.9 Å². The molecule has 3 aromatic rings. The van der Waals surface area contributed by atoms with E-state index in [0.717, 1.165) is 5.56 Å². The van der Waals surface area contributed by atoms with Gasteiger partial charge in [-0.15, -0.1) is 0 Å². The Morgan fingerprint density at radius 2 is 1.95 bits per heavy atom. The van der Waals surface area contributed by atoms with Gasteiger partial charge < -0.3 is 24.5 Å². The minimum atomic E-state index is -3.53. The summed E-state index contributed by atoms with van der Waals surface area (Å²) >= 11 is 0. The predicted octanol–water partition coefficient (Wildman–Crippen LogP) is 3.65. The first-order valence-corrected chi connectivity index (χ1v) is 14.4. The lowest BCUT2D eigenvalue weighted by atomic mass is 10.1. The summed E-state index contributed by atoms with van der Waals surface area (Å²) in [7, 11) is -1.95. The zero-order valence-corrected chi connectivity index (χ0v) is 23.7. The molecule has 3 rings (SSSR count). The maximum absolute atomic E-state index is 14.3. The van der Waals surface area contributed by atoms with Gasteiger partial charge in [0.25, 0.3) is 0 Å². The van der Waals surface area contributed by atoms with Crippen LogP contribution in [0.2, 0.25) is 0 Å². The van der Waals surface area contributed by atoms with E-state index in [1.807, 2.05) is 45.0 Å². The number of esters is 1. The monoisotopic (exact) mass is 547 g/mol. The molecular formula is C25H38N7O5P. The van der Waals surface area contributed by atoms with Crippen molar-refractivity contribution >= 4 is 30.4 Å². The highest BCUT2D eigenvalue weighted by Crippen LogP contribution is 2.43.